The van der Waals surface area contributed by atoms with Crippen molar-refractivity contribution in [1.82, 2.24) is 20.5 Å². The number of aromatic amines is 1. The molecule has 5 nitrogen and oxygen atoms in total. The Hall–Kier alpha value is -3.80. The lowest BCUT2D eigenvalue weighted by molar-refractivity contribution is 0.0954. The van der Waals surface area contributed by atoms with Crippen LogP contribution in [0.4, 0.5) is 4.39 Å². The summed E-state index contributed by atoms with van der Waals surface area (Å²) in [6, 6.07) is 19.9. The van der Waals surface area contributed by atoms with E-state index in [0.29, 0.717) is 46.6 Å². The monoisotopic (exact) mass is 400 g/mol. The molecule has 0 fully saturated rings. The maximum Gasteiger partial charge on any atom is 0.251 e. The average molecular weight is 400 g/mol. The lowest BCUT2D eigenvalue weighted by atomic mass is 10.0. The van der Waals surface area contributed by atoms with Crippen molar-refractivity contribution in [1.29, 1.82) is 0 Å². The van der Waals surface area contributed by atoms with E-state index in [2.05, 4.69) is 20.5 Å². The zero-order valence-corrected chi connectivity index (χ0v) is 16.5. The molecule has 0 bridgehead atoms. The van der Waals surface area contributed by atoms with Crippen molar-refractivity contribution in [2.75, 3.05) is 6.54 Å². The van der Waals surface area contributed by atoms with Crippen LogP contribution in [0.15, 0.2) is 72.9 Å². The van der Waals surface area contributed by atoms with Crippen LogP contribution in [0, 0.1) is 12.7 Å². The number of carbonyl (C=O) groups is 1. The van der Waals surface area contributed by atoms with Crippen LogP contribution in [0.3, 0.4) is 0 Å². The van der Waals surface area contributed by atoms with Crippen molar-refractivity contribution in [3.63, 3.8) is 0 Å². The van der Waals surface area contributed by atoms with Gasteiger partial charge in [0.15, 0.2) is 0 Å². The first-order valence-electron chi connectivity index (χ1n) is 9.71. The Morgan fingerprint density at radius 3 is 2.70 bits per heavy atom. The van der Waals surface area contributed by atoms with Gasteiger partial charge in [-0.05, 0) is 42.8 Å². The molecule has 0 saturated heterocycles. The number of aromatic nitrogens is 3. The van der Waals surface area contributed by atoms with Gasteiger partial charge in [0.05, 0.1) is 11.4 Å². The minimum absolute atomic E-state index is 0.174. The summed E-state index contributed by atoms with van der Waals surface area (Å²) in [4.78, 5) is 17.0. The Morgan fingerprint density at radius 2 is 1.90 bits per heavy atom. The van der Waals surface area contributed by atoms with Gasteiger partial charge in [-0.1, -0.05) is 36.4 Å². The van der Waals surface area contributed by atoms with Gasteiger partial charge >= 0.3 is 0 Å². The third-order valence-corrected chi connectivity index (χ3v) is 4.90. The first-order chi connectivity index (χ1) is 14.6. The highest BCUT2D eigenvalue weighted by atomic mass is 19.1. The Morgan fingerprint density at radius 1 is 1.07 bits per heavy atom. The Kier molecular flexibility index (Phi) is 5.66. The Balaban J connectivity index is 1.52. The molecule has 0 aliphatic rings. The second-order valence-electron chi connectivity index (χ2n) is 7.00. The minimum Gasteiger partial charge on any atom is -0.352 e. The van der Waals surface area contributed by atoms with Crippen molar-refractivity contribution in [3.05, 3.63) is 95.6 Å². The van der Waals surface area contributed by atoms with Crippen LogP contribution in [0.1, 0.15) is 21.6 Å². The molecule has 2 N–H and O–H groups in total. The second kappa shape index (κ2) is 8.69. The fourth-order valence-electron chi connectivity index (χ4n) is 3.22. The molecule has 2 aromatic carbocycles. The summed E-state index contributed by atoms with van der Waals surface area (Å²) in [6.45, 7) is 2.21. The van der Waals surface area contributed by atoms with Crippen LogP contribution in [-0.4, -0.2) is 27.6 Å². The fraction of sp³-hybridized carbons (Fsp3) is 0.125. The molecule has 0 aliphatic carbocycles. The molecule has 4 aromatic rings. The number of pyridine rings is 1. The van der Waals surface area contributed by atoms with Crippen molar-refractivity contribution < 1.29 is 9.18 Å². The zero-order valence-electron chi connectivity index (χ0n) is 16.5. The SMILES string of the molecule is Cc1ccc(-c2cc(-c3ccccc3C(=O)NCCc3ccccn3)n[nH]2)cc1F. The maximum absolute atomic E-state index is 13.9. The number of halogens is 1. The molecule has 0 atom stereocenters. The standard InChI is InChI=1S/C24H21FN4O/c1-16-9-10-17(14-21(16)25)22-15-23(29-28-22)19-7-2-3-8-20(19)24(30)27-13-11-18-6-4-5-12-26-18/h2-10,12,14-15H,11,13H2,1H3,(H,27,30)(H,28,29). The number of benzene rings is 2. The average Bonchev–Trinajstić information content (AvgIpc) is 3.26. The third-order valence-electron chi connectivity index (χ3n) is 4.90. The van der Waals surface area contributed by atoms with Crippen LogP contribution in [0.25, 0.3) is 22.5 Å². The van der Waals surface area contributed by atoms with E-state index in [-0.39, 0.29) is 11.7 Å². The van der Waals surface area contributed by atoms with Gasteiger partial charge in [0.2, 0.25) is 0 Å². The van der Waals surface area contributed by atoms with E-state index >= 15 is 0 Å². The smallest absolute Gasteiger partial charge is 0.251 e. The highest BCUT2D eigenvalue weighted by Gasteiger charge is 2.15. The third kappa shape index (κ3) is 4.27. The number of H-pyrrole nitrogens is 1. The molecule has 4 rings (SSSR count). The van der Waals surface area contributed by atoms with E-state index in [0.717, 1.165) is 5.69 Å². The molecule has 30 heavy (non-hydrogen) atoms. The summed E-state index contributed by atoms with van der Waals surface area (Å²) in [5.74, 6) is -0.441. The van der Waals surface area contributed by atoms with Gasteiger partial charge in [-0.3, -0.25) is 14.9 Å². The van der Waals surface area contributed by atoms with Crippen LogP contribution < -0.4 is 5.32 Å². The van der Waals surface area contributed by atoms with Crippen molar-refractivity contribution in [2.45, 2.75) is 13.3 Å². The molecule has 0 spiro atoms. The predicted molar refractivity (Wildman–Crippen MR) is 114 cm³/mol. The Bertz CT molecular complexity index is 1170. The second-order valence-corrected chi connectivity index (χ2v) is 7.00. The summed E-state index contributed by atoms with van der Waals surface area (Å²) in [5, 5.41) is 10.2. The molecule has 0 saturated carbocycles. The van der Waals surface area contributed by atoms with Crippen LogP contribution >= 0.6 is 0 Å². The number of nitrogens with one attached hydrogen (secondary N) is 2. The van der Waals surface area contributed by atoms with E-state index in [1.54, 1.807) is 25.3 Å². The van der Waals surface area contributed by atoms with Gasteiger partial charge in [-0.15, -0.1) is 0 Å². The number of nitrogens with zero attached hydrogens (tertiary/aromatic N) is 2. The van der Waals surface area contributed by atoms with E-state index in [1.165, 1.54) is 6.07 Å². The van der Waals surface area contributed by atoms with E-state index in [4.69, 9.17) is 0 Å². The number of aryl methyl sites for hydroxylation is 1. The number of hydrogen-bond acceptors (Lipinski definition) is 3. The lowest BCUT2D eigenvalue weighted by Crippen LogP contribution is -2.26. The Labute approximate surface area is 174 Å². The van der Waals surface area contributed by atoms with Crippen LogP contribution in [0.2, 0.25) is 0 Å². The summed E-state index contributed by atoms with van der Waals surface area (Å²) in [6.07, 6.45) is 2.39. The summed E-state index contributed by atoms with van der Waals surface area (Å²) >= 11 is 0. The highest BCUT2D eigenvalue weighted by Crippen LogP contribution is 2.27. The first kappa shape index (κ1) is 19.5. The van der Waals surface area contributed by atoms with Gasteiger partial charge in [0.25, 0.3) is 5.91 Å². The largest absolute Gasteiger partial charge is 0.352 e. The molecule has 2 aromatic heterocycles. The molecule has 2 heterocycles. The topological polar surface area (TPSA) is 70.7 Å². The molecular formula is C24H21FN4O. The van der Waals surface area contributed by atoms with Crippen LogP contribution in [0.5, 0.6) is 0 Å². The first-order valence-corrected chi connectivity index (χ1v) is 9.71. The quantitative estimate of drug-likeness (QED) is 0.498. The number of hydrogen-bond donors (Lipinski definition) is 2. The van der Waals surface area contributed by atoms with Gasteiger partial charge in [-0.25, -0.2) is 4.39 Å². The zero-order chi connectivity index (χ0) is 20.9. The predicted octanol–water partition coefficient (Wildman–Crippen LogP) is 4.56. The minimum atomic E-state index is -0.267. The van der Waals surface area contributed by atoms with E-state index in [9.17, 15) is 9.18 Å². The fourth-order valence-corrected chi connectivity index (χ4v) is 3.22. The molecule has 6 heteroatoms. The van der Waals surface area contributed by atoms with Crippen molar-refractivity contribution >= 4 is 5.91 Å². The molecule has 150 valence electrons. The van der Waals surface area contributed by atoms with Crippen LogP contribution in [-0.2, 0) is 6.42 Å². The summed E-state index contributed by atoms with van der Waals surface area (Å²) in [5.41, 5.74) is 4.78. The van der Waals surface area contributed by atoms with Crippen molar-refractivity contribution in [3.8, 4) is 22.5 Å². The normalized spacial score (nSPS) is 10.7. The number of amides is 1. The molecular weight excluding hydrogens is 379 g/mol. The van der Waals surface area contributed by atoms with E-state index < -0.39 is 0 Å². The summed E-state index contributed by atoms with van der Waals surface area (Å²) in [7, 11) is 0. The van der Waals surface area contributed by atoms with Gasteiger partial charge < -0.3 is 5.32 Å². The van der Waals surface area contributed by atoms with E-state index in [1.807, 2.05) is 48.5 Å². The van der Waals surface area contributed by atoms with Gasteiger partial charge in [-0.2, -0.15) is 5.10 Å². The van der Waals surface area contributed by atoms with Gasteiger partial charge in [0.1, 0.15) is 5.82 Å². The highest BCUT2D eigenvalue weighted by molar-refractivity contribution is 6.00. The number of carbonyl (C=O) groups excluding carboxylic acids is 1. The number of rotatable bonds is 6. The maximum atomic E-state index is 13.9. The molecule has 1 amide bonds. The molecule has 0 unspecified atom stereocenters. The molecule has 0 radical (unpaired) electrons. The van der Waals surface area contributed by atoms with Crippen molar-refractivity contribution in [2.24, 2.45) is 0 Å². The summed E-state index contributed by atoms with van der Waals surface area (Å²) < 4.78 is 13.9. The molecule has 0 aliphatic heterocycles. The van der Waals surface area contributed by atoms with Gasteiger partial charge in [0, 0.05) is 41.5 Å². The lowest BCUT2D eigenvalue weighted by Gasteiger charge is -2.08.